The van der Waals surface area contributed by atoms with E-state index in [1.165, 1.54) is 49.6 Å². The zero-order valence-corrected chi connectivity index (χ0v) is 84.9. The molecule has 3 aromatic carbocycles. The third kappa shape index (κ3) is 15.6. The summed E-state index contributed by atoms with van der Waals surface area (Å²) >= 11 is 24.6. The minimum atomic E-state index is -0.766. The number of piperazine rings is 3. The SMILES string of the molecule is C=CC(=O)N1C[C@@H]2C(=O)N(C)c3c(c4cc(Cl)c(-c5ccc(F)c6nc(N)sc56)nc4n(-c4c(C(C)C)ccnc4C(C)C)c3=O)N2C[C@H]1C.C=CC(=O)N1C[C@@H]2C(=O)N(C)c3c(c4cc(Cl)c(-c5ccc(F)c6nc(N)sc56)nc4n(-c4c(C)ccnc4C(C)C)c3=O)N2C[C@H]1C.Cc1ccnc(C(C)C)c1-n1c(=O)c2c(c3cc(Cl)c(-c4ccc(F)c5nc(N)sc45)nc31)N1C[C@@H](C)NC[C@@H]1C(=O)N2C. The number of carbonyl (C=O) groups excluding carboxylic acids is 5. The molecule has 18 heterocycles. The molecule has 0 unspecified atom stereocenters. The van der Waals surface area contributed by atoms with Gasteiger partial charge in [-0.15, -0.1) is 0 Å². The maximum absolute atomic E-state index is 15.2. The molecule has 21 rings (SSSR count). The van der Waals surface area contributed by atoms with Crippen molar-refractivity contribution in [3.05, 3.63) is 214 Å². The van der Waals surface area contributed by atoms with E-state index in [1.807, 2.05) is 123 Å². The summed E-state index contributed by atoms with van der Waals surface area (Å²) in [7, 11) is 4.79. The molecule has 5 amide bonds. The molecule has 6 aliphatic rings. The lowest BCUT2D eigenvalue weighted by molar-refractivity contribution is -0.132. The second-order valence-corrected chi connectivity index (χ2v) is 41.9. The molecule has 7 N–H and O–H groups in total. The van der Waals surface area contributed by atoms with E-state index in [2.05, 4.69) is 43.4 Å². The highest BCUT2D eigenvalue weighted by Crippen LogP contribution is 2.52. The Morgan fingerprint density at radius 3 is 1.08 bits per heavy atom. The van der Waals surface area contributed by atoms with Gasteiger partial charge in [-0.25, -0.2) is 43.1 Å². The van der Waals surface area contributed by atoms with Crippen LogP contribution in [0.15, 0.2) is 131 Å². The van der Waals surface area contributed by atoms with E-state index in [0.717, 1.165) is 50.7 Å². The summed E-state index contributed by atoms with van der Waals surface area (Å²) in [5.74, 6) is -3.10. The molecule has 12 aromatic heterocycles. The topological polar surface area (TPSA) is 383 Å². The molecule has 0 radical (unpaired) electrons. The van der Waals surface area contributed by atoms with Gasteiger partial charge < -0.3 is 61.7 Å². The van der Waals surface area contributed by atoms with Gasteiger partial charge in [0.25, 0.3) is 34.4 Å². The summed E-state index contributed by atoms with van der Waals surface area (Å²) in [6, 6.07) is 17.0. The fourth-order valence-electron chi connectivity index (χ4n) is 20.6. The largest absolute Gasteiger partial charge is 0.375 e. The van der Waals surface area contributed by atoms with Gasteiger partial charge in [-0.05, 0) is 160 Å². The number of fused-ring (bicyclic) bond motifs is 18. The molecule has 730 valence electrons. The Morgan fingerprint density at radius 1 is 0.430 bits per heavy atom. The molecule has 6 aliphatic heterocycles. The summed E-state index contributed by atoms with van der Waals surface area (Å²) in [5, 5.41) is 6.45. The molecule has 0 spiro atoms. The van der Waals surface area contributed by atoms with E-state index >= 15 is 4.79 Å². The summed E-state index contributed by atoms with van der Waals surface area (Å²) in [6.45, 7) is 34.7. The van der Waals surface area contributed by atoms with Gasteiger partial charge in [-0.2, -0.15) is 0 Å². The van der Waals surface area contributed by atoms with E-state index in [-0.39, 0.29) is 162 Å². The second kappa shape index (κ2) is 36.6. The average molecular weight is 2040 g/mol. The Morgan fingerprint density at radius 2 is 0.746 bits per heavy atom. The molecular weight excluding hydrogens is 1940 g/mol. The number of anilines is 9. The number of benzene rings is 3. The van der Waals surface area contributed by atoms with Crippen LogP contribution in [-0.4, -0.2) is 195 Å². The number of thiazole rings is 3. The summed E-state index contributed by atoms with van der Waals surface area (Å²) < 4.78 is 50.5. The fourth-order valence-corrected chi connectivity index (χ4v) is 23.9. The smallest absolute Gasteiger partial charge is 0.283 e. The highest BCUT2D eigenvalue weighted by atomic mass is 35.5. The third-order valence-electron chi connectivity index (χ3n) is 27.3. The van der Waals surface area contributed by atoms with Gasteiger partial charge in [0.2, 0.25) is 11.8 Å². The van der Waals surface area contributed by atoms with Crippen LogP contribution in [0.1, 0.15) is 134 Å². The first-order valence-electron chi connectivity index (χ1n) is 46.1. The Labute approximate surface area is 838 Å². The minimum Gasteiger partial charge on any atom is -0.375 e. The number of amides is 5. The van der Waals surface area contributed by atoms with Gasteiger partial charge in [0.05, 0.1) is 111 Å². The number of halogens is 6. The molecule has 15 aromatic rings. The predicted molar refractivity (Wildman–Crippen MR) is 559 cm³/mol. The van der Waals surface area contributed by atoms with Crippen LogP contribution in [0.25, 0.3) is 115 Å². The third-order valence-corrected chi connectivity index (χ3v) is 30.9. The van der Waals surface area contributed by atoms with Crippen molar-refractivity contribution < 1.29 is 37.1 Å². The quantitative estimate of drug-likeness (QED) is 0.0825. The van der Waals surface area contributed by atoms with Crippen molar-refractivity contribution >= 4 is 212 Å². The van der Waals surface area contributed by atoms with Crippen LogP contribution in [0.2, 0.25) is 15.1 Å². The van der Waals surface area contributed by atoms with Crippen LogP contribution < -0.4 is 68.6 Å². The van der Waals surface area contributed by atoms with E-state index in [0.29, 0.717) is 145 Å². The zero-order chi connectivity index (χ0) is 101. The Kier molecular flexibility index (Phi) is 25.0. The summed E-state index contributed by atoms with van der Waals surface area (Å²) in [4.78, 5) is 167. The number of nitrogens with one attached hydrogen (secondary N) is 1. The van der Waals surface area contributed by atoms with Gasteiger partial charge in [0.1, 0.15) is 86.1 Å². The number of likely N-dealkylation sites (N-methyl/N-ethyl adjacent to an activating group) is 3. The standard InChI is InChI=1S/C36H36ClFN8O3S.C34H32ClFN8O3S.C31H30ClFN8O2S/c1-8-25(47)44-15-24-34(48)43(7)31-30(45(24)14-18(44)6)21-13-22(37)27(20-9-10-23(38)28-32(20)50-36(39)42-28)41-33(21)46(35(31)49)29-19(16(2)3)11-12-40-26(29)17(4)5;1-7-23(45)42-14-22-32(46)41(6)29-28(43(22)13-17(42)5)19-12-20(35)25(18-8-9-21(36)26-30(18)48-34(37)40-26)39-31(19)44(33(29)47)27-16(4)10-11-38-24(27)15(2)3;1-13(2)21-24(14(3)8-9-35-21)41-28-17(25-26(30(41)43)39(5)29(42)20-11-36-15(4)12-40(20)25)10-18(32)22(37-28)16-6-7-19(33)23-27(16)44-31(34)38-23/h8-13,16-18,24H,1,14-15H2,2-7H3,(H2,39,42);7-12,15,17,22H,1,13-14H2,2-6H3,(H2,37,40);6-10,13,15,20,36H,11-12H2,1-5H3,(H2,34,38)/t18-,24-;17-,22-;15-,20-/m111/s1. The van der Waals surface area contributed by atoms with Crippen LogP contribution in [0.5, 0.6) is 0 Å². The lowest BCUT2D eigenvalue weighted by atomic mass is 9.95. The lowest BCUT2D eigenvalue weighted by Crippen LogP contribution is -2.66. The highest BCUT2D eigenvalue weighted by Gasteiger charge is 2.50. The molecular formula is C101H98Cl3F3N24O8S3. The zero-order valence-electron chi connectivity index (χ0n) is 80.2. The number of nitrogen functional groups attached to an aromatic ring is 3. The van der Waals surface area contributed by atoms with Crippen molar-refractivity contribution in [2.24, 2.45) is 0 Å². The number of pyridine rings is 9. The van der Waals surface area contributed by atoms with Gasteiger partial charge in [-0.3, -0.25) is 67.0 Å². The highest BCUT2D eigenvalue weighted by molar-refractivity contribution is 7.23. The van der Waals surface area contributed by atoms with Gasteiger partial charge in [0, 0.05) is 117 Å². The fraction of sp³-hybridized carbons (Fsp3) is 0.317. The number of hydrogen-bond donors (Lipinski definition) is 4. The molecule has 3 fully saturated rings. The van der Waals surface area contributed by atoms with Crippen LogP contribution >= 0.6 is 68.8 Å². The van der Waals surface area contributed by atoms with Crippen molar-refractivity contribution in [1.82, 2.24) is 73.7 Å². The first-order valence-corrected chi connectivity index (χ1v) is 49.7. The molecule has 3 saturated heterocycles. The van der Waals surface area contributed by atoms with E-state index in [1.54, 1.807) is 95.1 Å². The second-order valence-electron chi connectivity index (χ2n) is 37.6. The van der Waals surface area contributed by atoms with Crippen LogP contribution in [0.4, 0.5) is 62.7 Å². The van der Waals surface area contributed by atoms with E-state index in [9.17, 15) is 46.7 Å². The number of carbonyl (C=O) groups is 5. The normalized spacial score (nSPS) is 17.9. The molecule has 0 saturated carbocycles. The van der Waals surface area contributed by atoms with Crippen molar-refractivity contribution in [3.8, 4) is 50.8 Å². The Hall–Kier alpha value is -13.9. The van der Waals surface area contributed by atoms with Crippen LogP contribution in [0.3, 0.4) is 0 Å². The maximum Gasteiger partial charge on any atom is 0.283 e. The number of nitrogens with zero attached hydrogens (tertiary/aromatic N) is 20. The van der Waals surface area contributed by atoms with E-state index in [4.69, 9.17) is 71.9 Å². The molecule has 0 bridgehead atoms. The lowest BCUT2D eigenvalue weighted by Gasteiger charge is -2.49. The average Bonchev–Trinajstić information content (AvgIpc) is 0.838. The van der Waals surface area contributed by atoms with Crippen molar-refractivity contribution in [3.63, 3.8) is 0 Å². The number of aromatic nitrogens is 12. The number of hydrogen-bond acceptors (Lipinski definition) is 27. The van der Waals surface area contributed by atoms with Gasteiger partial charge in [0.15, 0.2) is 15.4 Å². The van der Waals surface area contributed by atoms with Crippen molar-refractivity contribution in [1.29, 1.82) is 0 Å². The Balaban J connectivity index is 0.000000135. The molecule has 6 atom stereocenters. The maximum atomic E-state index is 15.2. The Bertz CT molecular complexity index is 8180. The van der Waals surface area contributed by atoms with Crippen LogP contribution in [-0.2, 0) is 24.0 Å². The minimum absolute atomic E-state index is 0.00721. The summed E-state index contributed by atoms with van der Waals surface area (Å²) in [5.41, 5.74) is 29.0. The summed E-state index contributed by atoms with van der Waals surface area (Å²) in [6.07, 6.45) is 7.64. The molecule has 32 nitrogen and oxygen atoms in total. The number of nitrogens with two attached hydrogens (primary N) is 3. The number of rotatable bonds is 12. The predicted octanol–water partition coefficient (Wildman–Crippen LogP) is 16.7. The van der Waals surface area contributed by atoms with E-state index < -0.39 is 52.3 Å². The van der Waals surface area contributed by atoms with Crippen molar-refractivity contribution in [2.75, 3.05) is 107 Å². The van der Waals surface area contributed by atoms with Gasteiger partial charge >= 0.3 is 0 Å². The molecule has 41 heteroatoms. The monoisotopic (exact) mass is 2030 g/mol. The first-order chi connectivity index (χ1) is 67.5. The van der Waals surface area contributed by atoms with Gasteiger partial charge in [-0.1, -0.05) is 137 Å². The molecule has 142 heavy (non-hydrogen) atoms. The first kappa shape index (κ1) is 97.0. The molecule has 0 aliphatic carbocycles. The van der Waals surface area contributed by atoms with Crippen molar-refractivity contribution in [2.45, 2.75) is 150 Å². The number of aryl methyl sites for hydroxylation is 2. The van der Waals surface area contributed by atoms with Crippen LogP contribution in [0, 0.1) is 31.3 Å².